The summed E-state index contributed by atoms with van der Waals surface area (Å²) in [6, 6.07) is 8.43. The van der Waals surface area contributed by atoms with Gasteiger partial charge in [0.05, 0.1) is 11.0 Å². The van der Waals surface area contributed by atoms with Crippen molar-refractivity contribution in [3.05, 3.63) is 69.5 Å². The Balaban J connectivity index is 1.83. The molecule has 1 atom stereocenters. The summed E-state index contributed by atoms with van der Waals surface area (Å²) in [5, 5.41) is 13.6. The third kappa shape index (κ3) is 4.43. The zero-order valence-corrected chi connectivity index (χ0v) is 16.5. The highest BCUT2D eigenvalue weighted by atomic mass is 32.2. The highest BCUT2D eigenvalue weighted by Gasteiger charge is 2.30. The number of amides is 1. The molecule has 0 bridgehead atoms. The van der Waals surface area contributed by atoms with E-state index in [0.717, 1.165) is 12.1 Å². The van der Waals surface area contributed by atoms with Gasteiger partial charge in [0.15, 0.2) is 0 Å². The summed E-state index contributed by atoms with van der Waals surface area (Å²) in [7, 11) is -4.02. The van der Waals surface area contributed by atoms with Crippen LogP contribution in [0.3, 0.4) is 0 Å². The molecule has 0 saturated carbocycles. The van der Waals surface area contributed by atoms with Crippen molar-refractivity contribution in [2.75, 3.05) is 13.1 Å². The van der Waals surface area contributed by atoms with Crippen LogP contribution in [0, 0.1) is 15.9 Å². The molecule has 1 saturated heterocycles. The summed E-state index contributed by atoms with van der Waals surface area (Å²) in [5.41, 5.74) is 0.394. The maximum atomic E-state index is 14.2. The van der Waals surface area contributed by atoms with Crippen molar-refractivity contribution >= 4 is 21.6 Å². The van der Waals surface area contributed by atoms with Gasteiger partial charge in [-0.1, -0.05) is 12.1 Å². The summed E-state index contributed by atoms with van der Waals surface area (Å²) in [6.45, 7) is 2.28. The van der Waals surface area contributed by atoms with Gasteiger partial charge >= 0.3 is 0 Å². The molecular formula is C19H20FN3O5S. The number of rotatable bonds is 6. The molecule has 1 aliphatic heterocycles. The molecule has 1 aliphatic rings. The van der Waals surface area contributed by atoms with Crippen LogP contribution in [0.15, 0.2) is 47.4 Å². The first-order valence-corrected chi connectivity index (χ1v) is 10.5. The Morgan fingerprint density at radius 3 is 2.55 bits per heavy atom. The number of nitro groups is 1. The van der Waals surface area contributed by atoms with Crippen molar-refractivity contribution < 1.29 is 22.5 Å². The standard InChI is InChI=1S/C19H20FN3O5S/c1-13(14-5-4-6-16(11-14)23(25)26)21-19(24)15-7-8-17(20)18(12-15)29(27,28)22-9-2-3-10-22/h4-8,11-13H,2-3,9-10H2,1H3,(H,21,24). The molecule has 1 unspecified atom stereocenters. The summed E-state index contributed by atoms with van der Waals surface area (Å²) >= 11 is 0. The zero-order valence-electron chi connectivity index (χ0n) is 15.7. The molecule has 0 aromatic heterocycles. The van der Waals surface area contributed by atoms with Crippen molar-refractivity contribution in [3.8, 4) is 0 Å². The van der Waals surface area contributed by atoms with E-state index in [9.17, 15) is 27.7 Å². The summed E-state index contributed by atoms with van der Waals surface area (Å²) in [6.07, 6.45) is 1.42. The van der Waals surface area contributed by atoms with Crippen LogP contribution in [0.25, 0.3) is 0 Å². The van der Waals surface area contributed by atoms with Crippen molar-refractivity contribution in [3.63, 3.8) is 0 Å². The number of nitro benzene ring substituents is 1. The lowest BCUT2D eigenvalue weighted by Crippen LogP contribution is -2.30. The number of benzene rings is 2. The second kappa shape index (κ2) is 8.26. The Labute approximate surface area is 167 Å². The van der Waals surface area contributed by atoms with Crippen molar-refractivity contribution in [1.82, 2.24) is 9.62 Å². The minimum atomic E-state index is -4.02. The molecule has 1 heterocycles. The van der Waals surface area contributed by atoms with E-state index in [0.29, 0.717) is 31.5 Å². The normalized spacial score (nSPS) is 15.8. The Morgan fingerprint density at radius 1 is 1.21 bits per heavy atom. The largest absolute Gasteiger partial charge is 0.346 e. The quantitative estimate of drug-likeness (QED) is 0.570. The van der Waals surface area contributed by atoms with Gasteiger partial charge in [0.2, 0.25) is 10.0 Å². The van der Waals surface area contributed by atoms with Gasteiger partial charge in [0, 0.05) is 30.8 Å². The topological polar surface area (TPSA) is 110 Å². The molecule has 10 heteroatoms. The predicted molar refractivity (Wildman–Crippen MR) is 103 cm³/mol. The van der Waals surface area contributed by atoms with E-state index >= 15 is 0 Å². The first-order chi connectivity index (χ1) is 13.7. The lowest BCUT2D eigenvalue weighted by Gasteiger charge is -2.17. The molecule has 29 heavy (non-hydrogen) atoms. The van der Waals surface area contributed by atoms with Gasteiger partial charge in [-0.2, -0.15) is 4.31 Å². The lowest BCUT2D eigenvalue weighted by molar-refractivity contribution is -0.384. The number of hydrogen-bond donors (Lipinski definition) is 1. The third-order valence-electron chi connectivity index (χ3n) is 4.80. The molecule has 3 rings (SSSR count). The monoisotopic (exact) mass is 421 g/mol. The maximum absolute atomic E-state index is 14.2. The number of hydrogen-bond acceptors (Lipinski definition) is 5. The van der Waals surface area contributed by atoms with Gasteiger partial charge < -0.3 is 5.32 Å². The van der Waals surface area contributed by atoms with Gasteiger partial charge in [-0.15, -0.1) is 0 Å². The van der Waals surface area contributed by atoms with Crippen molar-refractivity contribution in [1.29, 1.82) is 0 Å². The average Bonchev–Trinajstić information content (AvgIpc) is 3.24. The molecule has 0 aliphatic carbocycles. The maximum Gasteiger partial charge on any atom is 0.269 e. The first-order valence-electron chi connectivity index (χ1n) is 9.05. The number of nitrogens with one attached hydrogen (secondary N) is 1. The van der Waals surface area contributed by atoms with Crippen LogP contribution in [-0.2, 0) is 10.0 Å². The number of sulfonamides is 1. The summed E-state index contributed by atoms with van der Waals surface area (Å²) < 4.78 is 40.8. The summed E-state index contributed by atoms with van der Waals surface area (Å²) in [5.74, 6) is -1.53. The highest BCUT2D eigenvalue weighted by molar-refractivity contribution is 7.89. The second-order valence-electron chi connectivity index (χ2n) is 6.80. The molecule has 154 valence electrons. The third-order valence-corrected chi connectivity index (χ3v) is 6.72. The van der Waals surface area contributed by atoms with Gasteiger partial charge in [0.25, 0.3) is 11.6 Å². The number of non-ortho nitro benzene ring substituents is 1. The van der Waals surface area contributed by atoms with Crippen LogP contribution < -0.4 is 5.32 Å². The molecule has 2 aromatic carbocycles. The Kier molecular flexibility index (Phi) is 5.94. The molecule has 1 fully saturated rings. The molecule has 1 amide bonds. The molecule has 2 aromatic rings. The van der Waals surface area contributed by atoms with E-state index in [1.807, 2.05) is 0 Å². The van der Waals surface area contributed by atoms with Crippen LogP contribution in [0.2, 0.25) is 0 Å². The van der Waals surface area contributed by atoms with E-state index in [1.54, 1.807) is 13.0 Å². The Hall–Kier alpha value is -2.85. The minimum Gasteiger partial charge on any atom is -0.346 e. The second-order valence-corrected chi connectivity index (χ2v) is 8.71. The average molecular weight is 421 g/mol. The number of carbonyl (C=O) groups is 1. The van der Waals surface area contributed by atoms with E-state index in [1.165, 1.54) is 28.6 Å². The number of halogens is 1. The number of nitrogens with zero attached hydrogens (tertiary/aromatic N) is 2. The smallest absolute Gasteiger partial charge is 0.269 e. The highest BCUT2D eigenvalue weighted by Crippen LogP contribution is 2.25. The fourth-order valence-corrected chi connectivity index (χ4v) is 4.79. The number of carbonyl (C=O) groups excluding carboxylic acids is 1. The van der Waals surface area contributed by atoms with E-state index < -0.39 is 37.6 Å². The first kappa shape index (κ1) is 20.9. The van der Waals surface area contributed by atoms with Gasteiger partial charge in [-0.05, 0) is 43.5 Å². The fraction of sp³-hybridized carbons (Fsp3) is 0.316. The van der Waals surface area contributed by atoms with Crippen LogP contribution >= 0.6 is 0 Å². The van der Waals surface area contributed by atoms with Crippen LogP contribution in [0.4, 0.5) is 10.1 Å². The van der Waals surface area contributed by atoms with Gasteiger partial charge in [-0.25, -0.2) is 12.8 Å². The zero-order chi connectivity index (χ0) is 21.2. The van der Waals surface area contributed by atoms with Gasteiger partial charge in [-0.3, -0.25) is 14.9 Å². The molecule has 1 N–H and O–H groups in total. The van der Waals surface area contributed by atoms with Crippen LogP contribution in [0.5, 0.6) is 0 Å². The van der Waals surface area contributed by atoms with E-state index in [2.05, 4.69) is 5.32 Å². The molecule has 0 spiro atoms. The minimum absolute atomic E-state index is 0.0125. The van der Waals surface area contributed by atoms with Crippen LogP contribution in [-0.4, -0.2) is 36.6 Å². The molecule has 0 radical (unpaired) electrons. The lowest BCUT2D eigenvalue weighted by atomic mass is 10.1. The Bertz CT molecular complexity index is 1050. The van der Waals surface area contributed by atoms with E-state index in [-0.39, 0.29) is 11.3 Å². The predicted octanol–water partition coefficient (Wildman–Crippen LogP) is 3.01. The SMILES string of the molecule is CC(NC(=O)c1ccc(F)c(S(=O)(=O)N2CCCC2)c1)c1cccc([N+](=O)[O-])c1. The van der Waals surface area contributed by atoms with Crippen molar-refractivity contribution in [2.24, 2.45) is 0 Å². The van der Waals surface area contributed by atoms with Gasteiger partial charge in [0.1, 0.15) is 10.7 Å². The summed E-state index contributed by atoms with van der Waals surface area (Å²) in [4.78, 5) is 22.4. The van der Waals surface area contributed by atoms with E-state index in [4.69, 9.17) is 0 Å². The Morgan fingerprint density at radius 2 is 1.90 bits per heavy atom. The fourth-order valence-electron chi connectivity index (χ4n) is 3.18. The molecule has 8 nitrogen and oxygen atoms in total. The van der Waals surface area contributed by atoms with Crippen LogP contribution in [0.1, 0.15) is 41.7 Å². The molecular weight excluding hydrogens is 401 g/mol. The van der Waals surface area contributed by atoms with Crippen molar-refractivity contribution in [2.45, 2.75) is 30.7 Å².